The van der Waals surface area contributed by atoms with E-state index in [9.17, 15) is 0 Å². The van der Waals surface area contributed by atoms with Gasteiger partial charge in [0.25, 0.3) is 0 Å². The highest BCUT2D eigenvalue weighted by Gasteiger charge is 2.17. The van der Waals surface area contributed by atoms with E-state index >= 15 is 0 Å². The van der Waals surface area contributed by atoms with E-state index in [1.807, 2.05) is 0 Å². The number of aliphatic hydroxyl groups excluding tert-OH is 1. The summed E-state index contributed by atoms with van der Waals surface area (Å²) in [6, 6.07) is 0. The molecular formula is C11H23NO2. The van der Waals surface area contributed by atoms with Gasteiger partial charge in [-0.3, -0.25) is 4.90 Å². The van der Waals surface area contributed by atoms with Gasteiger partial charge in [0.2, 0.25) is 0 Å². The van der Waals surface area contributed by atoms with Crippen molar-refractivity contribution in [1.82, 2.24) is 4.90 Å². The Bertz CT molecular complexity index is 141. The summed E-state index contributed by atoms with van der Waals surface area (Å²) in [5.74, 6) is 0. The second-order valence-electron chi connectivity index (χ2n) is 3.99. The number of rotatable bonds is 6. The molecule has 84 valence electrons. The summed E-state index contributed by atoms with van der Waals surface area (Å²) in [7, 11) is 0. The minimum atomic E-state index is 0.334. The highest BCUT2D eigenvalue weighted by molar-refractivity contribution is 4.69. The van der Waals surface area contributed by atoms with Crippen molar-refractivity contribution in [3.8, 4) is 0 Å². The van der Waals surface area contributed by atoms with Crippen molar-refractivity contribution in [1.29, 1.82) is 0 Å². The Balaban J connectivity index is 2.05. The van der Waals surface area contributed by atoms with Crippen LogP contribution in [0.2, 0.25) is 0 Å². The lowest BCUT2D eigenvalue weighted by molar-refractivity contribution is -0.0300. The Kier molecular flexibility index (Phi) is 6.15. The zero-order valence-corrected chi connectivity index (χ0v) is 9.24. The molecule has 3 nitrogen and oxygen atoms in total. The van der Waals surface area contributed by atoms with Gasteiger partial charge in [-0.15, -0.1) is 0 Å². The zero-order chi connectivity index (χ0) is 10.2. The molecule has 1 fully saturated rings. The highest BCUT2D eigenvalue weighted by Crippen LogP contribution is 2.09. The number of unbranched alkanes of at least 4 members (excludes halogenated alkanes) is 2. The van der Waals surface area contributed by atoms with Crippen molar-refractivity contribution in [2.45, 2.75) is 38.7 Å². The van der Waals surface area contributed by atoms with Gasteiger partial charge in [-0.25, -0.2) is 0 Å². The molecule has 1 atom stereocenters. The molecule has 1 aliphatic rings. The molecular weight excluding hydrogens is 178 g/mol. The van der Waals surface area contributed by atoms with Gasteiger partial charge in [-0.1, -0.05) is 6.92 Å². The Morgan fingerprint density at radius 2 is 2.21 bits per heavy atom. The van der Waals surface area contributed by atoms with Gasteiger partial charge in [0.15, 0.2) is 0 Å². The maximum atomic E-state index is 8.65. The first-order valence-corrected chi connectivity index (χ1v) is 5.81. The summed E-state index contributed by atoms with van der Waals surface area (Å²) in [5, 5.41) is 8.65. The third kappa shape index (κ3) is 4.40. The first kappa shape index (κ1) is 12.0. The van der Waals surface area contributed by atoms with Crippen LogP contribution in [-0.4, -0.2) is 49.0 Å². The summed E-state index contributed by atoms with van der Waals surface area (Å²) >= 11 is 0. The number of nitrogens with zero attached hydrogens (tertiary/aromatic N) is 1. The summed E-state index contributed by atoms with van der Waals surface area (Å²) < 4.78 is 5.60. The molecule has 1 unspecified atom stereocenters. The highest BCUT2D eigenvalue weighted by atomic mass is 16.5. The first-order valence-electron chi connectivity index (χ1n) is 5.81. The van der Waals surface area contributed by atoms with Crippen molar-refractivity contribution >= 4 is 0 Å². The van der Waals surface area contributed by atoms with Crippen LogP contribution in [0.3, 0.4) is 0 Å². The molecule has 1 heterocycles. The van der Waals surface area contributed by atoms with Crippen molar-refractivity contribution in [2.24, 2.45) is 0 Å². The molecule has 0 bridgehead atoms. The smallest absolute Gasteiger partial charge is 0.0700 e. The predicted molar refractivity (Wildman–Crippen MR) is 57.4 cm³/mol. The molecule has 1 rings (SSSR count). The van der Waals surface area contributed by atoms with E-state index in [4.69, 9.17) is 9.84 Å². The second kappa shape index (κ2) is 7.21. The van der Waals surface area contributed by atoms with Crippen LogP contribution < -0.4 is 0 Å². The summed E-state index contributed by atoms with van der Waals surface area (Å²) in [6.07, 6.45) is 4.86. The average molecular weight is 201 g/mol. The second-order valence-corrected chi connectivity index (χ2v) is 3.99. The molecule has 1 saturated heterocycles. The van der Waals surface area contributed by atoms with Crippen molar-refractivity contribution in [2.75, 3.05) is 32.8 Å². The molecule has 0 saturated carbocycles. The van der Waals surface area contributed by atoms with E-state index in [0.717, 1.165) is 39.0 Å². The monoisotopic (exact) mass is 201 g/mol. The van der Waals surface area contributed by atoms with Crippen LogP contribution in [0.25, 0.3) is 0 Å². The largest absolute Gasteiger partial charge is 0.396 e. The molecule has 0 aliphatic carbocycles. The molecule has 0 spiro atoms. The fourth-order valence-corrected chi connectivity index (χ4v) is 1.85. The van der Waals surface area contributed by atoms with Crippen LogP contribution in [0, 0.1) is 0 Å². The molecule has 0 radical (unpaired) electrons. The first-order chi connectivity index (χ1) is 6.86. The van der Waals surface area contributed by atoms with Crippen LogP contribution in [0.4, 0.5) is 0 Å². The van der Waals surface area contributed by atoms with Crippen molar-refractivity contribution < 1.29 is 9.84 Å². The Labute approximate surface area is 87.1 Å². The van der Waals surface area contributed by atoms with Gasteiger partial charge in [-0.2, -0.15) is 0 Å². The van der Waals surface area contributed by atoms with Crippen molar-refractivity contribution in [3.05, 3.63) is 0 Å². The Hall–Kier alpha value is -0.120. The Morgan fingerprint density at radius 3 is 2.93 bits per heavy atom. The average Bonchev–Trinajstić information content (AvgIpc) is 2.25. The number of aliphatic hydroxyl groups is 1. The minimum Gasteiger partial charge on any atom is -0.396 e. The van der Waals surface area contributed by atoms with E-state index in [-0.39, 0.29) is 0 Å². The van der Waals surface area contributed by atoms with E-state index in [2.05, 4.69) is 11.8 Å². The number of hydrogen-bond donors (Lipinski definition) is 1. The fraction of sp³-hybridized carbons (Fsp3) is 1.00. The van der Waals surface area contributed by atoms with Gasteiger partial charge in [0, 0.05) is 19.7 Å². The zero-order valence-electron chi connectivity index (χ0n) is 9.24. The molecule has 1 N–H and O–H groups in total. The lowest BCUT2D eigenvalue weighted by atomic mass is 10.2. The van der Waals surface area contributed by atoms with Crippen LogP contribution in [-0.2, 0) is 4.74 Å². The number of hydrogen-bond acceptors (Lipinski definition) is 3. The van der Waals surface area contributed by atoms with Gasteiger partial charge in [0.1, 0.15) is 0 Å². The third-order valence-electron chi connectivity index (χ3n) is 2.81. The number of ether oxygens (including phenoxy) is 1. The topological polar surface area (TPSA) is 32.7 Å². The maximum Gasteiger partial charge on any atom is 0.0700 e. The molecule has 3 heteroatoms. The molecule has 0 aromatic heterocycles. The third-order valence-corrected chi connectivity index (χ3v) is 2.81. The summed E-state index contributed by atoms with van der Waals surface area (Å²) in [4.78, 5) is 2.48. The van der Waals surface area contributed by atoms with Crippen LogP contribution in [0.15, 0.2) is 0 Å². The van der Waals surface area contributed by atoms with Crippen molar-refractivity contribution in [3.63, 3.8) is 0 Å². The normalized spacial score (nSPS) is 24.0. The molecule has 0 amide bonds. The Morgan fingerprint density at radius 1 is 1.36 bits per heavy atom. The summed E-state index contributed by atoms with van der Waals surface area (Å²) in [5.41, 5.74) is 0. The van der Waals surface area contributed by atoms with Crippen LogP contribution >= 0.6 is 0 Å². The maximum absolute atomic E-state index is 8.65. The minimum absolute atomic E-state index is 0.334. The van der Waals surface area contributed by atoms with E-state index < -0.39 is 0 Å². The van der Waals surface area contributed by atoms with E-state index in [1.54, 1.807) is 0 Å². The van der Waals surface area contributed by atoms with Gasteiger partial charge < -0.3 is 9.84 Å². The van der Waals surface area contributed by atoms with E-state index in [1.165, 1.54) is 13.0 Å². The molecule has 0 aromatic rings. The molecule has 1 aliphatic heterocycles. The fourth-order valence-electron chi connectivity index (χ4n) is 1.85. The van der Waals surface area contributed by atoms with Crippen LogP contribution in [0.5, 0.6) is 0 Å². The summed E-state index contributed by atoms with van der Waals surface area (Å²) in [6.45, 7) is 6.74. The van der Waals surface area contributed by atoms with Crippen LogP contribution in [0.1, 0.15) is 32.6 Å². The molecule has 14 heavy (non-hydrogen) atoms. The number of morpholine rings is 1. The SMILES string of the molecule is CCC1CN(CCCCCO)CCO1. The van der Waals surface area contributed by atoms with E-state index in [0.29, 0.717) is 12.7 Å². The lowest BCUT2D eigenvalue weighted by Gasteiger charge is -2.32. The van der Waals surface area contributed by atoms with Gasteiger partial charge in [-0.05, 0) is 32.2 Å². The standard InChI is InChI=1S/C11H23NO2/c1-2-11-10-12(7-9-14-11)6-4-3-5-8-13/h11,13H,2-10H2,1H3. The molecule has 0 aromatic carbocycles. The van der Waals surface area contributed by atoms with Gasteiger partial charge in [0.05, 0.1) is 12.7 Å². The predicted octanol–water partition coefficient (Wildman–Crippen LogP) is 1.26. The lowest BCUT2D eigenvalue weighted by Crippen LogP contribution is -2.42. The van der Waals surface area contributed by atoms with Gasteiger partial charge >= 0.3 is 0 Å². The quantitative estimate of drug-likeness (QED) is 0.657.